The molecule has 2 rings (SSSR count). The van der Waals surface area contributed by atoms with Crippen LogP contribution >= 0.6 is 11.6 Å². The van der Waals surface area contributed by atoms with E-state index in [1.807, 2.05) is 26.0 Å². The van der Waals surface area contributed by atoms with Crippen LogP contribution in [0.2, 0.25) is 5.15 Å². The molecule has 0 aliphatic heterocycles. The molecule has 2 aromatic heterocycles. The van der Waals surface area contributed by atoms with Crippen LogP contribution in [0.1, 0.15) is 11.5 Å². The second-order valence-electron chi connectivity index (χ2n) is 2.82. The minimum atomic E-state index is 0.516. The summed E-state index contributed by atoms with van der Waals surface area (Å²) >= 11 is 5.90. The van der Waals surface area contributed by atoms with Crippen LogP contribution in [0, 0.1) is 13.8 Å². The normalized spacial score (nSPS) is 10.9. The van der Waals surface area contributed by atoms with E-state index in [1.54, 1.807) is 0 Å². The Kier molecular flexibility index (Phi) is 1.58. The molecule has 0 bridgehead atoms. The molecule has 0 saturated heterocycles. The monoisotopic (exact) mass is 181 g/mol. The Morgan fingerprint density at radius 2 is 2.08 bits per heavy atom. The quantitative estimate of drug-likeness (QED) is 0.584. The van der Waals surface area contributed by atoms with Crippen molar-refractivity contribution in [2.24, 2.45) is 0 Å². The van der Waals surface area contributed by atoms with E-state index in [2.05, 4.69) is 4.98 Å². The number of pyridine rings is 1. The molecule has 0 amide bonds. The van der Waals surface area contributed by atoms with Crippen LogP contribution in [0.4, 0.5) is 0 Å². The van der Waals surface area contributed by atoms with Gasteiger partial charge in [0.2, 0.25) is 0 Å². The van der Waals surface area contributed by atoms with Gasteiger partial charge in [-0.2, -0.15) is 0 Å². The number of hydrogen-bond donors (Lipinski definition) is 0. The fourth-order valence-corrected chi connectivity index (χ4v) is 1.52. The second-order valence-corrected chi connectivity index (χ2v) is 3.18. The highest BCUT2D eigenvalue weighted by molar-refractivity contribution is 6.34. The SMILES string of the molecule is Cc1cc2oc(C)cc2c(Cl)n1. The molecule has 0 radical (unpaired) electrons. The first kappa shape index (κ1) is 7.62. The van der Waals surface area contributed by atoms with E-state index < -0.39 is 0 Å². The number of fused-ring (bicyclic) bond motifs is 1. The molecule has 0 fully saturated rings. The number of aromatic nitrogens is 1. The summed E-state index contributed by atoms with van der Waals surface area (Å²) in [6.45, 7) is 3.79. The van der Waals surface area contributed by atoms with E-state index >= 15 is 0 Å². The first-order chi connectivity index (χ1) is 5.66. The fourth-order valence-electron chi connectivity index (χ4n) is 1.24. The molecule has 0 aliphatic rings. The van der Waals surface area contributed by atoms with Crippen molar-refractivity contribution in [2.75, 3.05) is 0 Å². The summed E-state index contributed by atoms with van der Waals surface area (Å²) in [6, 6.07) is 3.78. The smallest absolute Gasteiger partial charge is 0.140 e. The molecule has 0 unspecified atom stereocenters. The van der Waals surface area contributed by atoms with Crippen LogP contribution in [0.3, 0.4) is 0 Å². The van der Waals surface area contributed by atoms with Crippen molar-refractivity contribution in [2.45, 2.75) is 13.8 Å². The van der Waals surface area contributed by atoms with Crippen molar-refractivity contribution < 1.29 is 4.42 Å². The maximum absolute atomic E-state index is 5.90. The lowest BCUT2D eigenvalue weighted by Gasteiger charge is -1.93. The minimum Gasteiger partial charge on any atom is -0.461 e. The van der Waals surface area contributed by atoms with Crippen molar-refractivity contribution in [3.63, 3.8) is 0 Å². The molecule has 3 heteroatoms. The molecule has 2 heterocycles. The third-order valence-electron chi connectivity index (χ3n) is 1.72. The van der Waals surface area contributed by atoms with E-state index in [0.717, 1.165) is 22.4 Å². The Labute approximate surface area is 75.2 Å². The first-order valence-electron chi connectivity index (χ1n) is 3.70. The number of hydrogen-bond acceptors (Lipinski definition) is 2. The van der Waals surface area contributed by atoms with Gasteiger partial charge in [-0.1, -0.05) is 11.6 Å². The first-order valence-corrected chi connectivity index (χ1v) is 4.08. The second kappa shape index (κ2) is 2.49. The van der Waals surface area contributed by atoms with E-state index in [0.29, 0.717) is 5.15 Å². The lowest BCUT2D eigenvalue weighted by Crippen LogP contribution is -1.80. The predicted molar refractivity (Wildman–Crippen MR) is 48.5 cm³/mol. The Morgan fingerprint density at radius 1 is 1.33 bits per heavy atom. The van der Waals surface area contributed by atoms with Gasteiger partial charge in [-0.3, -0.25) is 0 Å². The molecule has 62 valence electrons. The molecule has 12 heavy (non-hydrogen) atoms. The van der Waals surface area contributed by atoms with Gasteiger partial charge < -0.3 is 4.42 Å². The van der Waals surface area contributed by atoms with Crippen LogP contribution in [-0.2, 0) is 0 Å². The summed E-state index contributed by atoms with van der Waals surface area (Å²) < 4.78 is 5.41. The fraction of sp³-hybridized carbons (Fsp3) is 0.222. The van der Waals surface area contributed by atoms with E-state index in [1.165, 1.54) is 0 Å². The van der Waals surface area contributed by atoms with E-state index in [9.17, 15) is 0 Å². The Hall–Kier alpha value is -1.02. The van der Waals surface area contributed by atoms with Gasteiger partial charge in [0, 0.05) is 11.8 Å². The Balaban J connectivity index is 2.88. The number of nitrogens with zero attached hydrogens (tertiary/aromatic N) is 1. The van der Waals surface area contributed by atoms with Gasteiger partial charge in [-0.15, -0.1) is 0 Å². The molecular weight excluding hydrogens is 174 g/mol. The summed E-state index contributed by atoms with van der Waals surface area (Å²) in [5, 5.41) is 1.40. The van der Waals surface area contributed by atoms with Crippen molar-refractivity contribution in [3.05, 3.63) is 28.7 Å². The predicted octanol–water partition coefficient (Wildman–Crippen LogP) is 3.10. The minimum absolute atomic E-state index is 0.516. The highest BCUT2D eigenvalue weighted by Crippen LogP contribution is 2.25. The summed E-state index contributed by atoms with van der Waals surface area (Å²) in [4.78, 5) is 4.12. The van der Waals surface area contributed by atoms with Crippen LogP contribution < -0.4 is 0 Å². The van der Waals surface area contributed by atoms with Crippen molar-refractivity contribution in [3.8, 4) is 0 Å². The van der Waals surface area contributed by atoms with Gasteiger partial charge >= 0.3 is 0 Å². The van der Waals surface area contributed by atoms with Gasteiger partial charge in [0.25, 0.3) is 0 Å². The molecular formula is C9H8ClNO. The summed E-state index contributed by atoms with van der Waals surface area (Å²) in [5.41, 5.74) is 1.69. The van der Waals surface area contributed by atoms with Gasteiger partial charge in [0.05, 0.1) is 5.39 Å². The summed E-state index contributed by atoms with van der Waals surface area (Å²) in [6.07, 6.45) is 0. The highest BCUT2D eigenvalue weighted by Gasteiger charge is 2.05. The van der Waals surface area contributed by atoms with Crippen molar-refractivity contribution in [1.29, 1.82) is 0 Å². The Bertz CT molecular complexity index is 433. The standard InChI is InChI=1S/C9H8ClNO/c1-5-3-8-7(9(10)11-5)4-6(2)12-8/h3-4H,1-2H3. The zero-order chi connectivity index (χ0) is 8.72. The lowest BCUT2D eigenvalue weighted by atomic mass is 10.3. The van der Waals surface area contributed by atoms with Crippen LogP contribution in [0.5, 0.6) is 0 Å². The van der Waals surface area contributed by atoms with Gasteiger partial charge in [-0.05, 0) is 19.9 Å². The number of furan rings is 1. The van der Waals surface area contributed by atoms with E-state index in [-0.39, 0.29) is 0 Å². The van der Waals surface area contributed by atoms with Gasteiger partial charge in [-0.25, -0.2) is 4.98 Å². The topological polar surface area (TPSA) is 26.0 Å². The number of aryl methyl sites for hydroxylation is 2. The van der Waals surface area contributed by atoms with Gasteiger partial charge in [0.15, 0.2) is 0 Å². The zero-order valence-corrected chi connectivity index (χ0v) is 7.64. The third kappa shape index (κ3) is 1.08. The molecule has 0 N–H and O–H groups in total. The third-order valence-corrected chi connectivity index (χ3v) is 2.01. The average molecular weight is 182 g/mol. The molecule has 2 nitrogen and oxygen atoms in total. The Morgan fingerprint density at radius 3 is 2.83 bits per heavy atom. The largest absolute Gasteiger partial charge is 0.461 e. The number of rotatable bonds is 0. The van der Waals surface area contributed by atoms with Crippen LogP contribution in [0.15, 0.2) is 16.5 Å². The molecule has 2 aromatic rings. The van der Waals surface area contributed by atoms with Gasteiger partial charge in [0.1, 0.15) is 16.5 Å². The number of halogens is 1. The maximum atomic E-state index is 5.90. The summed E-state index contributed by atoms with van der Waals surface area (Å²) in [5.74, 6) is 0.860. The van der Waals surface area contributed by atoms with Crippen LogP contribution in [-0.4, -0.2) is 4.98 Å². The zero-order valence-electron chi connectivity index (χ0n) is 6.89. The van der Waals surface area contributed by atoms with Crippen LogP contribution in [0.25, 0.3) is 11.0 Å². The average Bonchev–Trinajstić information content (AvgIpc) is 2.29. The van der Waals surface area contributed by atoms with Crippen molar-refractivity contribution >= 4 is 22.6 Å². The molecule has 0 aliphatic carbocycles. The maximum Gasteiger partial charge on any atom is 0.140 e. The molecule has 0 aromatic carbocycles. The molecule has 0 saturated carbocycles. The lowest BCUT2D eigenvalue weighted by molar-refractivity contribution is 0.578. The van der Waals surface area contributed by atoms with E-state index in [4.69, 9.17) is 16.0 Å². The highest BCUT2D eigenvalue weighted by atomic mass is 35.5. The molecule has 0 spiro atoms. The van der Waals surface area contributed by atoms with Crippen molar-refractivity contribution in [1.82, 2.24) is 4.98 Å². The molecule has 0 atom stereocenters. The summed E-state index contributed by atoms with van der Waals surface area (Å²) in [7, 11) is 0.